The monoisotopic (exact) mass is 379 g/mol. The van der Waals surface area contributed by atoms with Crippen molar-refractivity contribution in [3.8, 4) is 0 Å². The van der Waals surface area contributed by atoms with E-state index in [-0.39, 0.29) is 5.91 Å². The molecule has 5 heteroatoms. The lowest BCUT2D eigenvalue weighted by atomic mass is 9.68. The quantitative estimate of drug-likeness (QED) is 0.813. The molecule has 0 radical (unpaired) electrons. The van der Waals surface area contributed by atoms with E-state index in [2.05, 4.69) is 40.4 Å². The third-order valence-electron chi connectivity index (χ3n) is 6.97. The van der Waals surface area contributed by atoms with E-state index in [1.807, 2.05) is 11.8 Å². The Bertz CT molecular complexity index is 835. The van der Waals surface area contributed by atoms with E-state index < -0.39 is 0 Å². The van der Waals surface area contributed by atoms with Gasteiger partial charge in [0.15, 0.2) is 5.69 Å². The summed E-state index contributed by atoms with van der Waals surface area (Å²) in [6.07, 6.45) is 6.12. The van der Waals surface area contributed by atoms with Crippen LogP contribution in [0, 0.1) is 12.3 Å². The van der Waals surface area contributed by atoms with Crippen molar-refractivity contribution in [2.45, 2.75) is 51.0 Å². The highest BCUT2D eigenvalue weighted by atomic mass is 16.5. The SMILES string of the molecule is Cc1cc(C(=O)N2CCC3(CC2)C[C@H](c2ccccc2)CN(C2CC2)C3)no1. The first-order valence-electron chi connectivity index (χ1n) is 10.6. The van der Waals surface area contributed by atoms with Crippen molar-refractivity contribution in [2.24, 2.45) is 5.41 Å². The summed E-state index contributed by atoms with van der Waals surface area (Å²) in [5, 5.41) is 3.92. The lowest BCUT2D eigenvalue weighted by Crippen LogP contribution is -2.53. The maximum atomic E-state index is 12.7. The fraction of sp³-hybridized carbons (Fsp3) is 0.565. The molecule has 28 heavy (non-hydrogen) atoms. The van der Waals surface area contributed by atoms with E-state index in [9.17, 15) is 4.79 Å². The maximum Gasteiger partial charge on any atom is 0.276 e. The second-order valence-corrected chi connectivity index (χ2v) is 9.09. The van der Waals surface area contributed by atoms with E-state index in [1.54, 1.807) is 6.07 Å². The van der Waals surface area contributed by atoms with Crippen molar-refractivity contribution in [1.82, 2.24) is 15.0 Å². The minimum Gasteiger partial charge on any atom is -0.361 e. The molecule has 2 aromatic rings. The molecular formula is C23H29N3O2. The highest BCUT2D eigenvalue weighted by Gasteiger charge is 2.46. The minimum absolute atomic E-state index is 0.0150. The van der Waals surface area contributed by atoms with Crippen molar-refractivity contribution < 1.29 is 9.32 Å². The van der Waals surface area contributed by atoms with Gasteiger partial charge in [-0.1, -0.05) is 35.5 Å². The largest absolute Gasteiger partial charge is 0.361 e. The number of amides is 1. The summed E-state index contributed by atoms with van der Waals surface area (Å²) >= 11 is 0. The Kier molecular flexibility index (Phi) is 4.50. The predicted octanol–water partition coefficient (Wildman–Crippen LogP) is 3.86. The van der Waals surface area contributed by atoms with E-state index in [1.165, 1.54) is 37.9 Å². The van der Waals surface area contributed by atoms with Crippen LogP contribution in [-0.2, 0) is 0 Å². The first-order chi connectivity index (χ1) is 13.6. The molecule has 1 aliphatic carbocycles. The number of hydrogen-bond acceptors (Lipinski definition) is 4. The zero-order chi connectivity index (χ0) is 19.1. The number of carbonyl (C=O) groups excluding carboxylic acids is 1. The molecule has 2 saturated heterocycles. The molecule has 3 aliphatic rings. The van der Waals surface area contributed by atoms with Crippen LogP contribution in [0.4, 0.5) is 0 Å². The minimum atomic E-state index is 0.0150. The van der Waals surface area contributed by atoms with Crippen LogP contribution >= 0.6 is 0 Å². The number of piperidine rings is 2. The average molecular weight is 380 g/mol. The zero-order valence-electron chi connectivity index (χ0n) is 16.6. The van der Waals surface area contributed by atoms with Gasteiger partial charge in [-0.05, 0) is 55.9 Å². The summed E-state index contributed by atoms with van der Waals surface area (Å²) < 4.78 is 5.09. The average Bonchev–Trinajstić information content (AvgIpc) is 3.49. The molecule has 1 atom stereocenters. The summed E-state index contributed by atoms with van der Waals surface area (Å²) in [7, 11) is 0. The predicted molar refractivity (Wildman–Crippen MR) is 107 cm³/mol. The molecule has 1 spiro atoms. The van der Waals surface area contributed by atoms with Crippen LogP contribution in [-0.4, -0.2) is 53.1 Å². The third-order valence-corrected chi connectivity index (χ3v) is 6.97. The lowest BCUT2D eigenvalue weighted by molar-refractivity contribution is 0.0108. The van der Waals surface area contributed by atoms with Crippen LogP contribution in [0.1, 0.15) is 59.8 Å². The molecule has 3 heterocycles. The lowest BCUT2D eigenvalue weighted by Gasteiger charge is -2.50. The second-order valence-electron chi connectivity index (χ2n) is 9.09. The Morgan fingerprint density at radius 3 is 2.57 bits per heavy atom. The van der Waals surface area contributed by atoms with Crippen LogP contribution < -0.4 is 0 Å². The number of aryl methyl sites for hydroxylation is 1. The molecule has 148 valence electrons. The Labute approximate surface area is 166 Å². The molecule has 2 aliphatic heterocycles. The number of likely N-dealkylation sites (tertiary alicyclic amines) is 2. The van der Waals surface area contributed by atoms with E-state index in [4.69, 9.17) is 4.52 Å². The van der Waals surface area contributed by atoms with Gasteiger partial charge in [0.1, 0.15) is 5.76 Å². The Balaban J connectivity index is 1.31. The van der Waals surface area contributed by atoms with Crippen molar-refractivity contribution in [2.75, 3.05) is 26.2 Å². The van der Waals surface area contributed by atoms with Crippen LogP contribution in [0.2, 0.25) is 0 Å². The van der Waals surface area contributed by atoms with Crippen molar-refractivity contribution >= 4 is 5.91 Å². The molecule has 0 bridgehead atoms. The molecule has 0 unspecified atom stereocenters. The van der Waals surface area contributed by atoms with Gasteiger partial charge in [0.05, 0.1) is 0 Å². The van der Waals surface area contributed by atoms with E-state index in [0.29, 0.717) is 22.8 Å². The van der Waals surface area contributed by atoms with E-state index in [0.717, 1.165) is 32.0 Å². The molecule has 1 aromatic heterocycles. The number of aromatic nitrogens is 1. The fourth-order valence-electron chi connectivity index (χ4n) is 5.27. The molecule has 1 aromatic carbocycles. The summed E-state index contributed by atoms with van der Waals surface area (Å²) in [6.45, 7) is 5.87. The van der Waals surface area contributed by atoms with Crippen LogP contribution in [0.15, 0.2) is 40.9 Å². The summed E-state index contributed by atoms with van der Waals surface area (Å²) in [5.74, 6) is 1.31. The van der Waals surface area contributed by atoms with Gasteiger partial charge >= 0.3 is 0 Å². The fourth-order valence-corrected chi connectivity index (χ4v) is 5.27. The Hall–Kier alpha value is -2.14. The van der Waals surface area contributed by atoms with Crippen molar-refractivity contribution in [3.63, 3.8) is 0 Å². The zero-order valence-corrected chi connectivity index (χ0v) is 16.6. The highest BCUT2D eigenvalue weighted by molar-refractivity contribution is 5.92. The molecule has 1 amide bonds. The standard InChI is InChI=1S/C23H29N3O2/c1-17-13-21(24-28-17)22(27)25-11-9-23(10-12-25)14-19(18-5-3-2-4-6-18)15-26(16-23)20-7-8-20/h2-6,13,19-20H,7-12,14-16H2,1H3/t19-/m0/s1. The van der Waals surface area contributed by atoms with Crippen molar-refractivity contribution in [1.29, 1.82) is 0 Å². The third kappa shape index (κ3) is 3.48. The van der Waals surface area contributed by atoms with Crippen molar-refractivity contribution in [3.05, 3.63) is 53.4 Å². The van der Waals surface area contributed by atoms with Gasteiger partial charge in [-0.15, -0.1) is 0 Å². The molecule has 3 fully saturated rings. The molecule has 5 nitrogen and oxygen atoms in total. The highest BCUT2D eigenvalue weighted by Crippen LogP contribution is 2.47. The summed E-state index contributed by atoms with van der Waals surface area (Å²) in [4.78, 5) is 17.5. The van der Waals surface area contributed by atoms with Gasteiger partial charge in [0, 0.05) is 38.3 Å². The van der Waals surface area contributed by atoms with Gasteiger partial charge in [-0.3, -0.25) is 9.69 Å². The summed E-state index contributed by atoms with van der Waals surface area (Å²) in [5.41, 5.74) is 2.25. The van der Waals surface area contributed by atoms with Gasteiger partial charge in [-0.25, -0.2) is 0 Å². The number of nitrogens with zero attached hydrogens (tertiary/aromatic N) is 3. The molecular weight excluding hydrogens is 350 g/mol. The van der Waals surface area contributed by atoms with Gasteiger partial charge in [0.25, 0.3) is 5.91 Å². The maximum absolute atomic E-state index is 12.7. The molecule has 5 rings (SSSR count). The Morgan fingerprint density at radius 2 is 1.93 bits per heavy atom. The van der Waals surface area contributed by atoms with Gasteiger partial charge in [0.2, 0.25) is 0 Å². The van der Waals surface area contributed by atoms with Crippen LogP contribution in [0.5, 0.6) is 0 Å². The molecule has 1 saturated carbocycles. The summed E-state index contributed by atoms with van der Waals surface area (Å²) in [6, 6.07) is 13.6. The van der Waals surface area contributed by atoms with Crippen LogP contribution in [0.3, 0.4) is 0 Å². The first kappa shape index (κ1) is 17.9. The molecule has 0 N–H and O–H groups in total. The van der Waals surface area contributed by atoms with Gasteiger partial charge < -0.3 is 9.42 Å². The van der Waals surface area contributed by atoms with E-state index >= 15 is 0 Å². The first-order valence-corrected chi connectivity index (χ1v) is 10.6. The number of rotatable bonds is 3. The Morgan fingerprint density at radius 1 is 1.18 bits per heavy atom. The normalized spacial score (nSPS) is 25.2. The topological polar surface area (TPSA) is 49.6 Å². The number of hydrogen-bond donors (Lipinski definition) is 0. The number of benzene rings is 1. The number of carbonyl (C=O) groups is 1. The van der Waals surface area contributed by atoms with Gasteiger partial charge in [-0.2, -0.15) is 0 Å². The van der Waals surface area contributed by atoms with Crippen LogP contribution in [0.25, 0.3) is 0 Å². The smallest absolute Gasteiger partial charge is 0.276 e. The second kappa shape index (κ2) is 7.03.